The van der Waals surface area contributed by atoms with Gasteiger partial charge in [-0.05, 0) is 23.3 Å². The summed E-state index contributed by atoms with van der Waals surface area (Å²) in [6.07, 6.45) is 3.46. The van der Waals surface area contributed by atoms with E-state index in [9.17, 15) is 8.42 Å². The molecule has 3 aromatic rings. The molecule has 3 rings (SSSR count). The summed E-state index contributed by atoms with van der Waals surface area (Å²) in [5.74, 6) is -0.0186. The monoisotopic (exact) mass is 301 g/mol. The van der Waals surface area contributed by atoms with Crippen molar-refractivity contribution in [2.45, 2.75) is 12.3 Å². The third kappa shape index (κ3) is 3.29. The normalized spacial score (nSPS) is 11.8. The van der Waals surface area contributed by atoms with Crippen LogP contribution in [0.2, 0.25) is 0 Å². The molecule has 0 spiro atoms. The number of nitrogens with zero attached hydrogens (tertiary/aromatic N) is 1. The minimum absolute atomic E-state index is 0.0186. The van der Waals surface area contributed by atoms with Crippen molar-refractivity contribution in [2.75, 3.05) is 0 Å². The molecule has 0 fully saturated rings. The van der Waals surface area contributed by atoms with E-state index in [1.54, 1.807) is 24.5 Å². The Kier molecular flexibility index (Phi) is 3.72. The molecule has 0 atom stereocenters. The molecule has 0 aliphatic carbocycles. The van der Waals surface area contributed by atoms with Gasteiger partial charge in [-0.25, -0.2) is 18.1 Å². The average Bonchev–Trinajstić information content (AvgIpc) is 2.95. The van der Waals surface area contributed by atoms with Gasteiger partial charge in [0.15, 0.2) is 0 Å². The van der Waals surface area contributed by atoms with Crippen molar-refractivity contribution in [2.24, 2.45) is 0 Å². The van der Waals surface area contributed by atoms with Crippen LogP contribution < -0.4 is 4.72 Å². The maximum absolute atomic E-state index is 12.1. The summed E-state index contributed by atoms with van der Waals surface area (Å²) in [7, 11) is -3.37. The Morgan fingerprint density at radius 1 is 1.10 bits per heavy atom. The first-order valence-electron chi connectivity index (χ1n) is 6.56. The molecule has 0 bridgehead atoms. The third-order valence-electron chi connectivity index (χ3n) is 3.23. The molecule has 6 heteroatoms. The van der Waals surface area contributed by atoms with E-state index in [0.717, 1.165) is 22.2 Å². The van der Waals surface area contributed by atoms with Crippen molar-refractivity contribution in [3.8, 4) is 0 Å². The van der Waals surface area contributed by atoms with Crippen molar-refractivity contribution in [1.29, 1.82) is 0 Å². The number of aromatic nitrogens is 2. The summed E-state index contributed by atoms with van der Waals surface area (Å²) in [4.78, 5) is 7.19. The SMILES string of the molecule is O=S(=O)(Cc1ccccc1)NCc1ccnc2[nH]ccc12. The van der Waals surface area contributed by atoms with Crippen molar-refractivity contribution in [1.82, 2.24) is 14.7 Å². The molecule has 2 aromatic heterocycles. The number of hydrogen-bond donors (Lipinski definition) is 2. The van der Waals surface area contributed by atoms with Gasteiger partial charge in [0.1, 0.15) is 5.65 Å². The fraction of sp³-hybridized carbons (Fsp3) is 0.133. The quantitative estimate of drug-likeness (QED) is 0.758. The molecular weight excluding hydrogens is 286 g/mol. The molecule has 108 valence electrons. The van der Waals surface area contributed by atoms with Gasteiger partial charge in [0.05, 0.1) is 5.75 Å². The summed E-state index contributed by atoms with van der Waals surface area (Å²) < 4.78 is 26.9. The molecule has 1 aromatic carbocycles. The Labute approximate surface area is 123 Å². The number of fused-ring (bicyclic) bond motifs is 1. The van der Waals surface area contributed by atoms with Gasteiger partial charge >= 0.3 is 0 Å². The van der Waals surface area contributed by atoms with E-state index >= 15 is 0 Å². The minimum atomic E-state index is -3.37. The van der Waals surface area contributed by atoms with Gasteiger partial charge in [-0.15, -0.1) is 0 Å². The standard InChI is InChI=1S/C15H15N3O2S/c19-21(20,11-12-4-2-1-3-5-12)18-10-13-6-8-16-15-14(13)7-9-17-15/h1-9,18H,10-11H2,(H,16,17). The van der Waals surface area contributed by atoms with Crippen LogP contribution in [0, 0.1) is 0 Å². The van der Waals surface area contributed by atoms with Gasteiger partial charge in [0.2, 0.25) is 10.0 Å². The summed E-state index contributed by atoms with van der Waals surface area (Å²) in [5.41, 5.74) is 2.43. The van der Waals surface area contributed by atoms with Crippen LogP contribution in [0.15, 0.2) is 54.9 Å². The lowest BCUT2D eigenvalue weighted by atomic mass is 10.2. The lowest BCUT2D eigenvalue weighted by Crippen LogP contribution is -2.24. The Morgan fingerprint density at radius 2 is 1.90 bits per heavy atom. The van der Waals surface area contributed by atoms with Crippen LogP contribution in [-0.2, 0) is 22.3 Å². The number of sulfonamides is 1. The third-order valence-corrected chi connectivity index (χ3v) is 4.53. The summed E-state index contributed by atoms with van der Waals surface area (Å²) in [6.45, 7) is 0.256. The first-order valence-corrected chi connectivity index (χ1v) is 8.21. The molecule has 0 saturated carbocycles. The van der Waals surface area contributed by atoms with Crippen LogP contribution in [0.5, 0.6) is 0 Å². The van der Waals surface area contributed by atoms with Crippen molar-refractivity contribution in [3.63, 3.8) is 0 Å². The van der Waals surface area contributed by atoms with Crippen LogP contribution >= 0.6 is 0 Å². The van der Waals surface area contributed by atoms with Gasteiger partial charge in [-0.2, -0.15) is 0 Å². The zero-order valence-electron chi connectivity index (χ0n) is 11.3. The predicted octanol–water partition coefficient (Wildman–Crippen LogP) is 2.18. The summed E-state index contributed by atoms with van der Waals surface area (Å²) in [5, 5.41) is 0.930. The van der Waals surface area contributed by atoms with Gasteiger partial charge in [0, 0.05) is 24.3 Å². The van der Waals surface area contributed by atoms with Crippen molar-refractivity contribution in [3.05, 3.63) is 66.0 Å². The number of benzene rings is 1. The Bertz CT molecular complexity index is 841. The molecule has 0 saturated heterocycles. The highest BCUT2D eigenvalue weighted by Gasteiger charge is 2.12. The zero-order chi connectivity index (χ0) is 14.7. The largest absolute Gasteiger partial charge is 0.346 e. The second-order valence-corrected chi connectivity index (χ2v) is 6.58. The molecule has 0 aliphatic rings. The van der Waals surface area contributed by atoms with Gasteiger partial charge < -0.3 is 4.98 Å². The van der Waals surface area contributed by atoms with E-state index in [1.807, 2.05) is 30.3 Å². The first kappa shape index (κ1) is 13.8. The Balaban J connectivity index is 1.73. The topological polar surface area (TPSA) is 74.8 Å². The van der Waals surface area contributed by atoms with E-state index in [0.29, 0.717) is 0 Å². The number of hydrogen-bond acceptors (Lipinski definition) is 3. The highest BCUT2D eigenvalue weighted by Crippen LogP contribution is 2.15. The van der Waals surface area contributed by atoms with Crippen LogP contribution in [-0.4, -0.2) is 18.4 Å². The molecule has 0 amide bonds. The maximum Gasteiger partial charge on any atom is 0.216 e. The van der Waals surface area contributed by atoms with E-state index < -0.39 is 10.0 Å². The fourth-order valence-electron chi connectivity index (χ4n) is 2.20. The minimum Gasteiger partial charge on any atom is -0.346 e. The fourth-order valence-corrected chi connectivity index (χ4v) is 3.31. The molecule has 2 N–H and O–H groups in total. The molecule has 2 heterocycles. The zero-order valence-corrected chi connectivity index (χ0v) is 12.1. The highest BCUT2D eigenvalue weighted by atomic mass is 32.2. The lowest BCUT2D eigenvalue weighted by molar-refractivity contribution is 0.580. The second kappa shape index (κ2) is 5.67. The van der Waals surface area contributed by atoms with Gasteiger partial charge in [-0.1, -0.05) is 30.3 Å². The number of pyridine rings is 1. The van der Waals surface area contributed by atoms with Gasteiger partial charge in [-0.3, -0.25) is 0 Å². The van der Waals surface area contributed by atoms with Crippen molar-refractivity contribution >= 4 is 21.1 Å². The highest BCUT2D eigenvalue weighted by molar-refractivity contribution is 7.88. The summed E-state index contributed by atoms with van der Waals surface area (Å²) >= 11 is 0. The summed E-state index contributed by atoms with van der Waals surface area (Å²) in [6, 6.07) is 12.8. The molecule has 5 nitrogen and oxygen atoms in total. The van der Waals surface area contributed by atoms with E-state index in [4.69, 9.17) is 0 Å². The van der Waals surface area contributed by atoms with Gasteiger partial charge in [0.25, 0.3) is 0 Å². The van der Waals surface area contributed by atoms with E-state index in [2.05, 4.69) is 14.7 Å². The lowest BCUT2D eigenvalue weighted by Gasteiger charge is -2.07. The van der Waals surface area contributed by atoms with Crippen LogP contribution in [0.25, 0.3) is 11.0 Å². The number of rotatable bonds is 5. The predicted molar refractivity (Wildman–Crippen MR) is 82.0 cm³/mol. The van der Waals surface area contributed by atoms with E-state index in [-0.39, 0.29) is 12.3 Å². The Morgan fingerprint density at radius 3 is 2.71 bits per heavy atom. The van der Waals surface area contributed by atoms with E-state index in [1.165, 1.54) is 0 Å². The smallest absolute Gasteiger partial charge is 0.216 e. The first-order chi connectivity index (χ1) is 10.1. The molecule has 21 heavy (non-hydrogen) atoms. The molecule has 0 radical (unpaired) electrons. The van der Waals surface area contributed by atoms with Crippen molar-refractivity contribution < 1.29 is 8.42 Å². The number of H-pyrrole nitrogens is 1. The maximum atomic E-state index is 12.1. The number of nitrogens with one attached hydrogen (secondary N) is 2. The molecular formula is C15H15N3O2S. The molecule has 0 aliphatic heterocycles. The number of aromatic amines is 1. The van der Waals surface area contributed by atoms with Crippen LogP contribution in [0.1, 0.15) is 11.1 Å². The Hall–Kier alpha value is -2.18. The van der Waals surface area contributed by atoms with Crippen LogP contribution in [0.4, 0.5) is 0 Å². The molecule has 0 unspecified atom stereocenters. The van der Waals surface area contributed by atoms with Crippen LogP contribution in [0.3, 0.4) is 0 Å². The second-order valence-electron chi connectivity index (χ2n) is 4.78. The average molecular weight is 301 g/mol.